The molecule has 0 aromatic heterocycles. The molecule has 0 aliphatic carbocycles. The Morgan fingerprint density at radius 1 is 1.00 bits per heavy atom. The maximum atomic E-state index is 5.98. The molecule has 0 spiro atoms. The summed E-state index contributed by atoms with van der Waals surface area (Å²) in [6.07, 6.45) is 0. The molecule has 0 radical (unpaired) electrons. The lowest BCUT2D eigenvalue weighted by Gasteiger charge is -2.12. The van der Waals surface area contributed by atoms with Crippen LogP contribution in [0.4, 0.5) is 0 Å². The highest BCUT2D eigenvalue weighted by Crippen LogP contribution is 2.10. The summed E-state index contributed by atoms with van der Waals surface area (Å²) in [5, 5.41) is 7.33. The second-order valence-corrected chi connectivity index (χ2v) is 5.33. The van der Waals surface area contributed by atoms with Gasteiger partial charge in [-0.1, -0.05) is 53.6 Å². The van der Waals surface area contributed by atoms with E-state index in [0.29, 0.717) is 6.54 Å². The van der Waals surface area contributed by atoms with E-state index in [1.165, 1.54) is 11.1 Å². The lowest BCUT2D eigenvalue weighted by molar-refractivity contribution is 0.809. The molecule has 118 valence electrons. The second kappa shape index (κ2) is 9.69. The minimum absolute atomic E-state index is 0. The average Bonchev–Trinajstić information content (AvgIpc) is 2.47. The lowest BCUT2D eigenvalue weighted by Crippen LogP contribution is -2.36. The molecule has 3 nitrogen and oxygen atoms in total. The summed E-state index contributed by atoms with van der Waals surface area (Å²) in [6.45, 7) is 3.53. The molecule has 2 aromatic carbocycles. The number of nitrogens with one attached hydrogen (secondary N) is 2. The fourth-order valence-electron chi connectivity index (χ4n) is 2.06. The first kappa shape index (κ1) is 18.8. The second-order valence-electron chi connectivity index (χ2n) is 4.90. The number of aryl methyl sites for hydroxylation is 1. The minimum atomic E-state index is 0. The van der Waals surface area contributed by atoms with E-state index in [9.17, 15) is 0 Å². The van der Waals surface area contributed by atoms with Crippen LogP contribution in [-0.4, -0.2) is 13.0 Å². The van der Waals surface area contributed by atoms with Crippen molar-refractivity contribution in [2.45, 2.75) is 20.0 Å². The van der Waals surface area contributed by atoms with E-state index in [0.717, 1.165) is 23.1 Å². The van der Waals surface area contributed by atoms with Crippen molar-refractivity contribution in [1.29, 1.82) is 0 Å². The highest BCUT2D eigenvalue weighted by Gasteiger charge is 2.00. The van der Waals surface area contributed by atoms with Gasteiger partial charge in [0.25, 0.3) is 0 Å². The maximum absolute atomic E-state index is 5.98. The third-order valence-electron chi connectivity index (χ3n) is 3.12. The van der Waals surface area contributed by atoms with Gasteiger partial charge < -0.3 is 10.6 Å². The Balaban J connectivity index is 0.00000242. The number of hydrogen-bond donors (Lipinski definition) is 2. The minimum Gasteiger partial charge on any atom is -0.352 e. The van der Waals surface area contributed by atoms with Crippen LogP contribution >= 0.6 is 35.6 Å². The summed E-state index contributed by atoms with van der Waals surface area (Å²) in [6, 6.07) is 16.2. The largest absolute Gasteiger partial charge is 0.352 e. The SMILES string of the molecule is CN=C(NCc1cccc(C)c1)NCc1cccc(Cl)c1.I. The van der Waals surface area contributed by atoms with Crippen LogP contribution in [0.2, 0.25) is 5.02 Å². The number of aliphatic imine (C=N–C) groups is 1. The molecule has 0 unspecified atom stereocenters. The smallest absolute Gasteiger partial charge is 0.191 e. The summed E-state index contributed by atoms with van der Waals surface area (Å²) in [4.78, 5) is 4.22. The molecule has 0 saturated heterocycles. The summed E-state index contributed by atoms with van der Waals surface area (Å²) < 4.78 is 0. The van der Waals surface area contributed by atoms with E-state index in [-0.39, 0.29) is 24.0 Å². The van der Waals surface area contributed by atoms with Gasteiger partial charge in [0.1, 0.15) is 0 Å². The van der Waals surface area contributed by atoms with Crippen LogP contribution in [0.25, 0.3) is 0 Å². The molecule has 2 N–H and O–H groups in total. The van der Waals surface area contributed by atoms with Crippen molar-refractivity contribution in [2.24, 2.45) is 4.99 Å². The third-order valence-corrected chi connectivity index (χ3v) is 3.35. The van der Waals surface area contributed by atoms with Crippen molar-refractivity contribution in [1.82, 2.24) is 10.6 Å². The van der Waals surface area contributed by atoms with Gasteiger partial charge >= 0.3 is 0 Å². The summed E-state index contributed by atoms with van der Waals surface area (Å²) in [7, 11) is 1.77. The van der Waals surface area contributed by atoms with Crippen LogP contribution in [0.15, 0.2) is 53.5 Å². The van der Waals surface area contributed by atoms with E-state index >= 15 is 0 Å². The maximum Gasteiger partial charge on any atom is 0.191 e. The van der Waals surface area contributed by atoms with Gasteiger partial charge in [0, 0.05) is 25.2 Å². The fraction of sp³-hybridized carbons (Fsp3) is 0.235. The van der Waals surface area contributed by atoms with E-state index < -0.39 is 0 Å². The van der Waals surface area contributed by atoms with Crippen molar-refractivity contribution in [3.8, 4) is 0 Å². The highest BCUT2D eigenvalue weighted by molar-refractivity contribution is 14.0. The molecular weight excluding hydrogens is 409 g/mol. The molecule has 2 rings (SSSR count). The normalized spacial score (nSPS) is 10.8. The van der Waals surface area contributed by atoms with Crippen molar-refractivity contribution >= 4 is 41.5 Å². The highest BCUT2D eigenvalue weighted by atomic mass is 127. The monoisotopic (exact) mass is 429 g/mol. The average molecular weight is 430 g/mol. The summed E-state index contributed by atoms with van der Waals surface area (Å²) in [5.41, 5.74) is 3.62. The van der Waals surface area contributed by atoms with Gasteiger partial charge in [-0.2, -0.15) is 0 Å². The van der Waals surface area contributed by atoms with Gasteiger partial charge in [-0.15, -0.1) is 24.0 Å². The Labute approximate surface area is 154 Å². The third kappa shape index (κ3) is 6.23. The first-order valence-corrected chi connectivity index (χ1v) is 7.29. The number of benzene rings is 2. The molecule has 0 fully saturated rings. The Bertz CT molecular complexity index is 577. The van der Waals surface area contributed by atoms with E-state index in [1.54, 1.807) is 7.05 Å². The van der Waals surface area contributed by atoms with E-state index in [2.05, 4.69) is 46.8 Å². The number of rotatable bonds is 4. The van der Waals surface area contributed by atoms with Crippen LogP contribution in [0.5, 0.6) is 0 Å². The molecule has 0 amide bonds. The van der Waals surface area contributed by atoms with Crippen molar-refractivity contribution in [2.75, 3.05) is 7.05 Å². The Morgan fingerprint density at radius 2 is 1.59 bits per heavy atom. The van der Waals surface area contributed by atoms with Crippen molar-refractivity contribution in [3.63, 3.8) is 0 Å². The topological polar surface area (TPSA) is 36.4 Å². The molecule has 0 aliphatic heterocycles. The van der Waals surface area contributed by atoms with Gasteiger partial charge in [0.2, 0.25) is 0 Å². The molecule has 2 aromatic rings. The van der Waals surface area contributed by atoms with Crippen molar-refractivity contribution in [3.05, 3.63) is 70.2 Å². The molecule has 0 saturated carbocycles. The molecule has 5 heteroatoms. The van der Waals surface area contributed by atoms with Crippen LogP contribution in [0.3, 0.4) is 0 Å². The Hall–Kier alpha value is -1.27. The molecule has 22 heavy (non-hydrogen) atoms. The molecular formula is C17H21ClIN3. The number of hydrogen-bond acceptors (Lipinski definition) is 1. The lowest BCUT2D eigenvalue weighted by atomic mass is 10.1. The van der Waals surface area contributed by atoms with Crippen LogP contribution in [0, 0.1) is 6.92 Å². The van der Waals surface area contributed by atoms with Crippen LogP contribution < -0.4 is 10.6 Å². The van der Waals surface area contributed by atoms with Crippen molar-refractivity contribution < 1.29 is 0 Å². The van der Waals surface area contributed by atoms with Crippen LogP contribution in [0.1, 0.15) is 16.7 Å². The van der Waals surface area contributed by atoms with Gasteiger partial charge in [0.15, 0.2) is 5.96 Å². The van der Waals surface area contributed by atoms with E-state index in [4.69, 9.17) is 11.6 Å². The summed E-state index contributed by atoms with van der Waals surface area (Å²) in [5.74, 6) is 0.775. The molecule has 0 bridgehead atoms. The van der Waals surface area contributed by atoms with E-state index in [1.807, 2.05) is 24.3 Å². The quantitative estimate of drug-likeness (QED) is 0.435. The molecule has 0 heterocycles. The number of halogens is 2. The van der Waals surface area contributed by atoms with Gasteiger partial charge in [-0.25, -0.2) is 0 Å². The van der Waals surface area contributed by atoms with Crippen LogP contribution in [-0.2, 0) is 13.1 Å². The zero-order chi connectivity index (χ0) is 15.1. The number of nitrogens with zero attached hydrogens (tertiary/aromatic N) is 1. The van der Waals surface area contributed by atoms with Gasteiger partial charge in [0.05, 0.1) is 0 Å². The van der Waals surface area contributed by atoms with Gasteiger partial charge in [-0.05, 0) is 30.2 Å². The molecule has 0 atom stereocenters. The zero-order valence-electron chi connectivity index (χ0n) is 12.8. The summed E-state index contributed by atoms with van der Waals surface area (Å²) >= 11 is 5.98. The standard InChI is InChI=1S/C17H20ClN3.HI/c1-13-5-3-6-14(9-13)11-20-17(19-2)21-12-15-7-4-8-16(18)10-15;/h3-10H,11-12H2,1-2H3,(H2,19,20,21);1H. The number of guanidine groups is 1. The molecule has 0 aliphatic rings. The fourth-order valence-corrected chi connectivity index (χ4v) is 2.27. The predicted octanol–water partition coefficient (Wildman–Crippen LogP) is 4.13. The Kier molecular flexibility index (Phi) is 8.27. The van der Waals surface area contributed by atoms with Gasteiger partial charge in [-0.3, -0.25) is 4.99 Å². The predicted molar refractivity (Wildman–Crippen MR) is 105 cm³/mol. The Morgan fingerprint density at radius 3 is 2.14 bits per heavy atom. The zero-order valence-corrected chi connectivity index (χ0v) is 15.9. The first-order valence-electron chi connectivity index (χ1n) is 6.92. The first-order chi connectivity index (χ1) is 10.2.